The quantitative estimate of drug-likeness (QED) is 0.565. The Bertz CT molecular complexity index is 1230. The molecule has 1 saturated carbocycles. The maximum atomic E-state index is 5.59. The van der Waals surface area contributed by atoms with Gasteiger partial charge < -0.3 is 14.2 Å². The molecule has 1 aliphatic carbocycles. The lowest BCUT2D eigenvalue weighted by atomic mass is 10.0. The number of fused-ring (bicyclic) bond motifs is 1. The standard InChI is InChI=1S/C27H30N6O/c1-31-18-23(21-5-3-2-4-6-21)29-26(31)10-9-25-28-24-19-32(17-20-7-8-20)12-11-22(24)27(30-25)33-13-15-34-16-14-33/h2-6,18,20H,7-8,11-17,19H2,1H3. The zero-order valence-electron chi connectivity index (χ0n) is 19.7. The molecule has 0 amide bonds. The Morgan fingerprint density at radius 1 is 1.00 bits per heavy atom. The minimum absolute atomic E-state index is 0.581. The summed E-state index contributed by atoms with van der Waals surface area (Å²) in [7, 11) is 1.98. The molecule has 2 aromatic heterocycles. The highest BCUT2D eigenvalue weighted by Crippen LogP contribution is 2.33. The second-order valence-electron chi connectivity index (χ2n) is 9.50. The highest BCUT2D eigenvalue weighted by molar-refractivity contribution is 5.59. The number of hydrogen-bond donors (Lipinski definition) is 0. The van der Waals surface area contributed by atoms with Gasteiger partial charge >= 0.3 is 0 Å². The fourth-order valence-corrected chi connectivity index (χ4v) is 4.82. The Kier molecular flexibility index (Phi) is 5.78. The fourth-order valence-electron chi connectivity index (χ4n) is 4.82. The monoisotopic (exact) mass is 454 g/mol. The van der Waals surface area contributed by atoms with Crippen LogP contribution in [-0.2, 0) is 24.8 Å². The largest absolute Gasteiger partial charge is 0.378 e. The van der Waals surface area contributed by atoms with Crippen LogP contribution in [0, 0.1) is 17.8 Å². The zero-order valence-corrected chi connectivity index (χ0v) is 19.7. The van der Waals surface area contributed by atoms with E-state index in [2.05, 4.69) is 33.8 Å². The number of benzene rings is 1. The molecule has 6 rings (SSSR count). The SMILES string of the molecule is Cn1cc(-c2ccccc2)nc1C#Cc1nc2c(c(N3CCOCC3)n1)CCN(CC1CC1)C2. The van der Waals surface area contributed by atoms with Crippen LogP contribution in [-0.4, -0.2) is 63.8 Å². The summed E-state index contributed by atoms with van der Waals surface area (Å²) in [5, 5.41) is 0. The molecule has 0 N–H and O–H groups in total. The van der Waals surface area contributed by atoms with E-state index in [4.69, 9.17) is 19.7 Å². The third-order valence-electron chi connectivity index (χ3n) is 6.88. The van der Waals surface area contributed by atoms with Crippen molar-refractivity contribution in [2.75, 3.05) is 44.3 Å². The summed E-state index contributed by atoms with van der Waals surface area (Å²) < 4.78 is 7.55. The molecular formula is C27H30N6O. The van der Waals surface area contributed by atoms with Crippen LogP contribution in [0.25, 0.3) is 11.3 Å². The number of nitrogens with zero attached hydrogens (tertiary/aromatic N) is 6. The van der Waals surface area contributed by atoms with Gasteiger partial charge in [0, 0.05) is 57.1 Å². The van der Waals surface area contributed by atoms with E-state index in [9.17, 15) is 0 Å². The van der Waals surface area contributed by atoms with Gasteiger partial charge in [0.1, 0.15) is 5.82 Å². The summed E-state index contributed by atoms with van der Waals surface area (Å²) in [6, 6.07) is 10.2. The lowest BCUT2D eigenvalue weighted by molar-refractivity contribution is 0.122. The number of anilines is 1. The van der Waals surface area contributed by atoms with Crippen molar-refractivity contribution in [1.82, 2.24) is 24.4 Å². The summed E-state index contributed by atoms with van der Waals surface area (Å²) in [5.74, 6) is 9.68. The zero-order chi connectivity index (χ0) is 22.9. The lowest BCUT2D eigenvalue weighted by Crippen LogP contribution is -2.40. The molecule has 4 heterocycles. The van der Waals surface area contributed by atoms with Crippen molar-refractivity contribution in [2.24, 2.45) is 13.0 Å². The van der Waals surface area contributed by atoms with Crippen molar-refractivity contribution in [3.8, 4) is 23.1 Å². The molecule has 7 heteroatoms. The van der Waals surface area contributed by atoms with Crippen LogP contribution in [0.1, 0.15) is 35.7 Å². The van der Waals surface area contributed by atoms with Gasteiger partial charge in [0.15, 0.2) is 5.82 Å². The van der Waals surface area contributed by atoms with Crippen molar-refractivity contribution in [3.05, 3.63) is 59.4 Å². The molecule has 1 saturated heterocycles. The molecular weight excluding hydrogens is 424 g/mol. The molecule has 2 aliphatic heterocycles. The summed E-state index contributed by atoms with van der Waals surface area (Å²) in [6.07, 6.45) is 5.76. The molecule has 3 aliphatic rings. The van der Waals surface area contributed by atoms with Crippen LogP contribution < -0.4 is 4.90 Å². The first-order chi connectivity index (χ1) is 16.7. The van der Waals surface area contributed by atoms with Gasteiger partial charge in [0.2, 0.25) is 5.82 Å². The molecule has 7 nitrogen and oxygen atoms in total. The number of imidazole rings is 1. The Morgan fingerprint density at radius 3 is 2.62 bits per heavy atom. The van der Waals surface area contributed by atoms with Gasteiger partial charge in [0.05, 0.1) is 24.6 Å². The highest BCUT2D eigenvalue weighted by atomic mass is 16.5. The molecule has 0 atom stereocenters. The van der Waals surface area contributed by atoms with Gasteiger partial charge in [-0.15, -0.1) is 0 Å². The molecule has 34 heavy (non-hydrogen) atoms. The fraction of sp³-hybridized carbons (Fsp3) is 0.444. The topological polar surface area (TPSA) is 59.3 Å². The summed E-state index contributed by atoms with van der Waals surface area (Å²) >= 11 is 0. The van der Waals surface area contributed by atoms with Gasteiger partial charge in [-0.25, -0.2) is 15.0 Å². The number of ether oxygens (including phenoxy) is 1. The Balaban J connectivity index is 1.32. The van der Waals surface area contributed by atoms with Crippen LogP contribution in [0.4, 0.5) is 5.82 Å². The minimum atomic E-state index is 0.581. The van der Waals surface area contributed by atoms with E-state index >= 15 is 0 Å². The predicted octanol–water partition coefficient (Wildman–Crippen LogP) is 2.88. The van der Waals surface area contributed by atoms with E-state index in [0.29, 0.717) is 11.6 Å². The first-order valence-corrected chi connectivity index (χ1v) is 12.3. The number of hydrogen-bond acceptors (Lipinski definition) is 6. The molecule has 0 spiro atoms. The minimum Gasteiger partial charge on any atom is -0.378 e. The van der Waals surface area contributed by atoms with Crippen molar-refractivity contribution < 1.29 is 4.74 Å². The Morgan fingerprint density at radius 2 is 1.82 bits per heavy atom. The number of morpholine rings is 1. The molecule has 174 valence electrons. The van der Waals surface area contributed by atoms with E-state index in [1.807, 2.05) is 36.0 Å². The first-order valence-electron chi connectivity index (χ1n) is 12.3. The van der Waals surface area contributed by atoms with Crippen LogP contribution >= 0.6 is 0 Å². The normalized spacial score (nSPS) is 18.3. The predicted molar refractivity (Wildman–Crippen MR) is 131 cm³/mol. The van der Waals surface area contributed by atoms with Crippen molar-refractivity contribution >= 4 is 5.82 Å². The van der Waals surface area contributed by atoms with Crippen LogP contribution in [0.2, 0.25) is 0 Å². The van der Waals surface area contributed by atoms with Gasteiger partial charge in [-0.2, -0.15) is 0 Å². The van der Waals surface area contributed by atoms with Crippen LogP contribution in [0.15, 0.2) is 36.5 Å². The summed E-state index contributed by atoms with van der Waals surface area (Å²) in [4.78, 5) is 19.5. The average Bonchev–Trinajstić information content (AvgIpc) is 3.62. The van der Waals surface area contributed by atoms with E-state index in [0.717, 1.165) is 74.5 Å². The molecule has 1 aromatic carbocycles. The first kappa shape index (κ1) is 21.3. The van der Waals surface area contributed by atoms with Crippen molar-refractivity contribution in [3.63, 3.8) is 0 Å². The van der Waals surface area contributed by atoms with E-state index in [-0.39, 0.29) is 0 Å². The van der Waals surface area contributed by atoms with E-state index in [1.54, 1.807) is 0 Å². The molecule has 3 aromatic rings. The van der Waals surface area contributed by atoms with E-state index < -0.39 is 0 Å². The summed E-state index contributed by atoms with van der Waals surface area (Å²) in [5.41, 5.74) is 4.44. The number of aryl methyl sites for hydroxylation is 1. The summed E-state index contributed by atoms with van der Waals surface area (Å²) in [6.45, 7) is 6.37. The number of aromatic nitrogens is 4. The average molecular weight is 455 g/mol. The van der Waals surface area contributed by atoms with Crippen LogP contribution in [0.3, 0.4) is 0 Å². The lowest BCUT2D eigenvalue weighted by Gasteiger charge is -2.34. The molecule has 0 radical (unpaired) electrons. The highest BCUT2D eigenvalue weighted by Gasteiger charge is 2.29. The molecule has 0 unspecified atom stereocenters. The van der Waals surface area contributed by atoms with E-state index in [1.165, 1.54) is 24.9 Å². The Hall–Kier alpha value is -3.21. The van der Waals surface area contributed by atoms with Gasteiger partial charge in [-0.1, -0.05) is 30.3 Å². The Labute approximate surface area is 200 Å². The van der Waals surface area contributed by atoms with Gasteiger partial charge in [-0.05, 0) is 37.0 Å². The van der Waals surface area contributed by atoms with Gasteiger partial charge in [0.25, 0.3) is 0 Å². The van der Waals surface area contributed by atoms with Crippen LogP contribution in [0.5, 0.6) is 0 Å². The third kappa shape index (κ3) is 4.56. The number of rotatable bonds is 4. The molecule has 2 fully saturated rings. The smallest absolute Gasteiger partial charge is 0.207 e. The van der Waals surface area contributed by atoms with Gasteiger partial charge in [-0.3, -0.25) is 4.90 Å². The second kappa shape index (κ2) is 9.21. The maximum Gasteiger partial charge on any atom is 0.207 e. The third-order valence-corrected chi connectivity index (χ3v) is 6.88. The van der Waals surface area contributed by atoms with Crippen molar-refractivity contribution in [2.45, 2.75) is 25.8 Å². The van der Waals surface area contributed by atoms with Crippen molar-refractivity contribution in [1.29, 1.82) is 0 Å². The maximum absolute atomic E-state index is 5.59. The molecule has 0 bridgehead atoms. The second-order valence-corrected chi connectivity index (χ2v) is 9.50.